The second kappa shape index (κ2) is 7.20. The first-order valence-electron chi connectivity index (χ1n) is 8.62. The van der Waals surface area contributed by atoms with Crippen molar-refractivity contribution in [2.45, 2.75) is 72.7 Å². The number of esters is 2. The summed E-state index contributed by atoms with van der Waals surface area (Å²) in [6, 6.07) is 0. The quantitative estimate of drug-likeness (QED) is 0.553. The van der Waals surface area contributed by atoms with Crippen molar-refractivity contribution in [1.29, 1.82) is 0 Å². The van der Waals surface area contributed by atoms with E-state index in [1.54, 1.807) is 6.92 Å². The maximum absolute atomic E-state index is 12.1. The van der Waals surface area contributed by atoms with Gasteiger partial charge in [-0.3, -0.25) is 9.59 Å². The normalized spacial score (nSPS) is 31.0. The molecule has 5 unspecified atom stereocenters. The number of carbonyl (C=O) groups excluding carboxylic acids is 2. The standard InChI is InChI=1S/C18H30O5/c1-11(19)22-16-8-13-6-14(15(16)7-13)9-17(20)23-12(2)21-10-18(3,4)5/h12-16H,6-10H2,1-5H3. The number of hydrogen-bond donors (Lipinski definition) is 0. The van der Waals surface area contributed by atoms with Crippen LogP contribution in [-0.2, 0) is 23.8 Å². The summed E-state index contributed by atoms with van der Waals surface area (Å²) in [5, 5.41) is 0. The Hall–Kier alpha value is -1.10. The zero-order valence-electron chi connectivity index (χ0n) is 15.0. The molecule has 5 nitrogen and oxygen atoms in total. The van der Waals surface area contributed by atoms with Crippen LogP contribution in [0.3, 0.4) is 0 Å². The molecule has 0 saturated heterocycles. The molecule has 132 valence electrons. The highest BCUT2D eigenvalue weighted by Gasteiger charge is 2.48. The van der Waals surface area contributed by atoms with Crippen LogP contribution < -0.4 is 0 Å². The summed E-state index contributed by atoms with van der Waals surface area (Å²) < 4.78 is 16.3. The van der Waals surface area contributed by atoms with Gasteiger partial charge in [-0.2, -0.15) is 0 Å². The van der Waals surface area contributed by atoms with E-state index in [9.17, 15) is 9.59 Å². The Morgan fingerprint density at radius 1 is 1.17 bits per heavy atom. The second-order valence-electron chi connectivity index (χ2n) is 8.28. The van der Waals surface area contributed by atoms with Gasteiger partial charge in [-0.15, -0.1) is 0 Å². The zero-order valence-corrected chi connectivity index (χ0v) is 15.0. The molecule has 0 amide bonds. The molecular formula is C18H30O5. The summed E-state index contributed by atoms with van der Waals surface area (Å²) in [6.07, 6.45) is 2.90. The molecule has 0 radical (unpaired) electrons. The fourth-order valence-corrected chi connectivity index (χ4v) is 3.86. The average Bonchev–Trinajstić information content (AvgIpc) is 2.93. The molecule has 23 heavy (non-hydrogen) atoms. The van der Waals surface area contributed by atoms with Crippen LogP contribution in [-0.4, -0.2) is 30.9 Å². The lowest BCUT2D eigenvalue weighted by Gasteiger charge is -2.29. The molecule has 0 aliphatic heterocycles. The van der Waals surface area contributed by atoms with Crippen molar-refractivity contribution >= 4 is 11.9 Å². The molecule has 2 aliphatic rings. The number of carbonyl (C=O) groups is 2. The van der Waals surface area contributed by atoms with E-state index in [2.05, 4.69) is 20.8 Å². The van der Waals surface area contributed by atoms with Crippen molar-refractivity contribution in [2.24, 2.45) is 23.2 Å². The molecular weight excluding hydrogens is 296 g/mol. The first-order valence-corrected chi connectivity index (χ1v) is 8.62. The first-order chi connectivity index (χ1) is 10.6. The largest absolute Gasteiger partial charge is 0.462 e. The van der Waals surface area contributed by atoms with Crippen molar-refractivity contribution in [3.8, 4) is 0 Å². The number of fused-ring (bicyclic) bond motifs is 2. The molecule has 5 heteroatoms. The molecule has 2 bridgehead atoms. The minimum atomic E-state index is -0.524. The molecule has 2 saturated carbocycles. The summed E-state index contributed by atoms with van der Waals surface area (Å²) in [6.45, 7) is 9.98. The molecule has 0 heterocycles. The van der Waals surface area contributed by atoms with E-state index >= 15 is 0 Å². The predicted molar refractivity (Wildman–Crippen MR) is 85.5 cm³/mol. The van der Waals surface area contributed by atoms with Crippen molar-refractivity contribution in [3.05, 3.63) is 0 Å². The number of ether oxygens (including phenoxy) is 3. The topological polar surface area (TPSA) is 61.8 Å². The summed E-state index contributed by atoms with van der Waals surface area (Å²) in [7, 11) is 0. The molecule has 0 aromatic carbocycles. The van der Waals surface area contributed by atoms with Gasteiger partial charge in [0.1, 0.15) is 6.10 Å². The van der Waals surface area contributed by atoms with E-state index in [-0.39, 0.29) is 29.4 Å². The molecule has 0 N–H and O–H groups in total. The van der Waals surface area contributed by atoms with Gasteiger partial charge in [0, 0.05) is 13.3 Å². The first kappa shape index (κ1) is 18.2. The Balaban J connectivity index is 1.76. The summed E-state index contributed by atoms with van der Waals surface area (Å²) in [5.41, 5.74) is 0.0442. The minimum absolute atomic E-state index is 0.0152. The van der Waals surface area contributed by atoms with Crippen LogP contribution in [0.5, 0.6) is 0 Å². The monoisotopic (exact) mass is 326 g/mol. The maximum Gasteiger partial charge on any atom is 0.308 e. The Kier molecular flexibility index (Phi) is 5.71. The van der Waals surface area contributed by atoms with Crippen LogP contribution in [0.15, 0.2) is 0 Å². The van der Waals surface area contributed by atoms with E-state index in [1.165, 1.54) is 6.92 Å². The van der Waals surface area contributed by atoms with Gasteiger partial charge in [-0.05, 0) is 49.4 Å². The lowest BCUT2D eigenvalue weighted by atomic mass is 9.84. The van der Waals surface area contributed by atoms with Crippen LogP contribution in [0.4, 0.5) is 0 Å². The van der Waals surface area contributed by atoms with Crippen molar-refractivity contribution in [3.63, 3.8) is 0 Å². The van der Waals surface area contributed by atoms with Crippen molar-refractivity contribution < 1.29 is 23.8 Å². The van der Waals surface area contributed by atoms with Gasteiger partial charge in [0.2, 0.25) is 0 Å². The third-order valence-corrected chi connectivity index (χ3v) is 4.68. The van der Waals surface area contributed by atoms with Crippen LogP contribution in [0.25, 0.3) is 0 Å². The molecule has 2 rings (SSSR count). The van der Waals surface area contributed by atoms with Crippen LogP contribution >= 0.6 is 0 Å². The molecule has 5 atom stereocenters. The number of hydrogen-bond acceptors (Lipinski definition) is 5. The highest BCUT2D eigenvalue weighted by Crippen LogP contribution is 2.51. The van der Waals surface area contributed by atoms with Crippen LogP contribution in [0.1, 0.15) is 60.3 Å². The van der Waals surface area contributed by atoms with Gasteiger partial charge < -0.3 is 14.2 Å². The fraction of sp³-hybridized carbons (Fsp3) is 0.889. The smallest absolute Gasteiger partial charge is 0.308 e. The molecule has 2 fully saturated rings. The van der Waals surface area contributed by atoms with Gasteiger partial charge in [0.05, 0.1) is 6.61 Å². The molecule has 0 aromatic rings. The van der Waals surface area contributed by atoms with E-state index < -0.39 is 6.29 Å². The maximum atomic E-state index is 12.1. The zero-order chi connectivity index (χ0) is 17.2. The molecule has 2 aliphatic carbocycles. The SMILES string of the molecule is CC(=O)OC1CC2CC(CC(=O)OC(C)OCC(C)(C)C)C1C2. The van der Waals surface area contributed by atoms with Crippen molar-refractivity contribution in [2.75, 3.05) is 6.61 Å². The van der Waals surface area contributed by atoms with Gasteiger partial charge >= 0.3 is 11.9 Å². The van der Waals surface area contributed by atoms with E-state index in [0.29, 0.717) is 24.9 Å². The molecule has 0 aromatic heterocycles. The third kappa shape index (κ3) is 5.48. The van der Waals surface area contributed by atoms with E-state index in [1.807, 2.05) is 0 Å². The van der Waals surface area contributed by atoms with E-state index in [4.69, 9.17) is 14.2 Å². The Morgan fingerprint density at radius 2 is 1.87 bits per heavy atom. The summed E-state index contributed by atoms with van der Waals surface area (Å²) in [5.74, 6) is 0.706. The van der Waals surface area contributed by atoms with Crippen molar-refractivity contribution in [1.82, 2.24) is 0 Å². The van der Waals surface area contributed by atoms with Gasteiger partial charge in [-0.1, -0.05) is 20.8 Å². The third-order valence-electron chi connectivity index (χ3n) is 4.68. The average molecular weight is 326 g/mol. The van der Waals surface area contributed by atoms with Gasteiger partial charge in [-0.25, -0.2) is 0 Å². The lowest BCUT2D eigenvalue weighted by Crippen LogP contribution is -2.31. The Labute approximate surface area is 139 Å². The lowest BCUT2D eigenvalue weighted by molar-refractivity contribution is -0.181. The van der Waals surface area contributed by atoms with Crippen LogP contribution in [0, 0.1) is 23.2 Å². The summed E-state index contributed by atoms with van der Waals surface area (Å²) in [4.78, 5) is 23.3. The Bertz CT molecular complexity index is 439. The number of rotatable bonds is 6. The minimum Gasteiger partial charge on any atom is -0.462 e. The summed E-state index contributed by atoms with van der Waals surface area (Å²) >= 11 is 0. The fourth-order valence-electron chi connectivity index (χ4n) is 3.86. The van der Waals surface area contributed by atoms with Gasteiger partial charge in [0.15, 0.2) is 6.29 Å². The Morgan fingerprint density at radius 3 is 2.43 bits per heavy atom. The van der Waals surface area contributed by atoms with Gasteiger partial charge in [0.25, 0.3) is 0 Å². The highest BCUT2D eigenvalue weighted by atomic mass is 16.7. The van der Waals surface area contributed by atoms with E-state index in [0.717, 1.165) is 19.3 Å². The van der Waals surface area contributed by atoms with Crippen LogP contribution in [0.2, 0.25) is 0 Å². The predicted octanol–water partition coefficient (Wildman–Crippen LogP) is 3.31. The second-order valence-corrected chi connectivity index (χ2v) is 8.28. The molecule has 0 spiro atoms. The highest BCUT2D eigenvalue weighted by molar-refractivity contribution is 5.70.